The number of carbonyl (C=O) groups excluding carboxylic acids is 1. The van der Waals surface area contributed by atoms with Crippen molar-refractivity contribution in [3.63, 3.8) is 0 Å². The van der Waals surface area contributed by atoms with Gasteiger partial charge in [-0.1, -0.05) is 23.7 Å². The van der Waals surface area contributed by atoms with E-state index in [4.69, 9.17) is 21.1 Å². The Hall–Kier alpha value is -1.85. The molecule has 138 valence electrons. The first-order valence-corrected chi connectivity index (χ1v) is 10.1. The van der Waals surface area contributed by atoms with Crippen molar-refractivity contribution in [2.45, 2.75) is 26.0 Å². The van der Waals surface area contributed by atoms with Gasteiger partial charge in [-0.3, -0.25) is 4.79 Å². The number of amides is 1. The summed E-state index contributed by atoms with van der Waals surface area (Å²) >= 11 is 7.85. The molecule has 1 N–H and O–H groups in total. The Bertz CT molecular complexity index is 810. The number of fused-ring (bicyclic) bond motifs is 1. The van der Waals surface area contributed by atoms with Crippen LogP contribution < -0.4 is 14.8 Å². The zero-order valence-electron chi connectivity index (χ0n) is 14.9. The van der Waals surface area contributed by atoms with E-state index in [0.29, 0.717) is 41.2 Å². The van der Waals surface area contributed by atoms with Crippen molar-refractivity contribution in [3.8, 4) is 11.5 Å². The van der Waals surface area contributed by atoms with Crippen LogP contribution in [0.25, 0.3) is 0 Å². The van der Waals surface area contributed by atoms with Gasteiger partial charge in [0.15, 0.2) is 11.5 Å². The van der Waals surface area contributed by atoms with Gasteiger partial charge in [0.25, 0.3) is 0 Å². The lowest BCUT2D eigenvalue weighted by atomic mass is 10.1. The second kappa shape index (κ2) is 8.69. The second-order valence-corrected chi connectivity index (χ2v) is 7.64. The van der Waals surface area contributed by atoms with E-state index >= 15 is 0 Å². The molecule has 0 spiro atoms. The molecule has 26 heavy (non-hydrogen) atoms. The van der Waals surface area contributed by atoms with Crippen LogP contribution in [0, 0.1) is 13.8 Å². The van der Waals surface area contributed by atoms with E-state index in [-0.39, 0.29) is 5.91 Å². The van der Waals surface area contributed by atoms with Gasteiger partial charge in [0.1, 0.15) is 0 Å². The minimum atomic E-state index is -0.0101. The molecule has 2 aromatic rings. The average molecular weight is 392 g/mol. The van der Waals surface area contributed by atoms with Crippen LogP contribution in [0.5, 0.6) is 11.5 Å². The van der Waals surface area contributed by atoms with Gasteiger partial charge >= 0.3 is 0 Å². The molecule has 0 saturated heterocycles. The molecule has 0 radical (unpaired) electrons. The second-order valence-electron chi connectivity index (χ2n) is 6.24. The van der Waals surface area contributed by atoms with Crippen molar-refractivity contribution in [2.24, 2.45) is 0 Å². The lowest BCUT2D eigenvalue weighted by Gasteiger charge is -2.12. The lowest BCUT2D eigenvalue weighted by Crippen LogP contribution is -2.15. The van der Waals surface area contributed by atoms with E-state index in [1.54, 1.807) is 11.8 Å². The molecule has 0 fully saturated rings. The van der Waals surface area contributed by atoms with Gasteiger partial charge < -0.3 is 14.8 Å². The van der Waals surface area contributed by atoms with Crippen LogP contribution in [-0.4, -0.2) is 24.9 Å². The molecule has 0 unspecified atom stereocenters. The van der Waals surface area contributed by atoms with E-state index in [0.717, 1.165) is 28.8 Å². The van der Waals surface area contributed by atoms with Gasteiger partial charge in [0.2, 0.25) is 5.91 Å². The number of nitrogens with one attached hydrogen (secondary N) is 1. The monoisotopic (exact) mass is 391 g/mol. The fraction of sp³-hybridized carbons (Fsp3) is 0.350. The fourth-order valence-electron chi connectivity index (χ4n) is 2.70. The number of benzene rings is 2. The van der Waals surface area contributed by atoms with E-state index in [9.17, 15) is 4.79 Å². The predicted octanol–water partition coefficient (Wildman–Crippen LogP) is 4.99. The largest absolute Gasteiger partial charge is 0.489 e. The van der Waals surface area contributed by atoms with Gasteiger partial charge in [-0.25, -0.2) is 0 Å². The minimum Gasteiger partial charge on any atom is -0.489 e. The van der Waals surface area contributed by atoms with E-state index < -0.39 is 0 Å². The summed E-state index contributed by atoms with van der Waals surface area (Å²) in [4.78, 5) is 12.2. The summed E-state index contributed by atoms with van der Waals surface area (Å²) in [6.07, 6.45) is 0.841. The molecule has 6 heteroatoms. The molecule has 1 aliphatic heterocycles. The average Bonchev–Trinajstić information content (AvgIpc) is 2.85. The first-order chi connectivity index (χ1) is 12.5. The Morgan fingerprint density at radius 1 is 1.23 bits per heavy atom. The van der Waals surface area contributed by atoms with Gasteiger partial charge in [-0.2, -0.15) is 0 Å². The Morgan fingerprint density at radius 3 is 2.88 bits per heavy atom. The molecule has 3 rings (SSSR count). The molecule has 1 amide bonds. The van der Waals surface area contributed by atoms with Crippen molar-refractivity contribution in [3.05, 3.63) is 52.0 Å². The summed E-state index contributed by atoms with van der Waals surface area (Å²) in [5, 5.41) is 3.53. The quantitative estimate of drug-likeness (QED) is 0.779. The van der Waals surface area contributed by atoms with Crippen LogP contribution >= 0.6 is 23.4 Å². The number of hydrogen-bond donors (Lipinski definition) is 1. The number of carbonyl (C=O) groups is 1. The molecule has 0 aromatic heterocycles. The van der Waals surface area contributed by atoms with Crippen LogP contribution in [0.15, 0.2) is 30.3 Å². The summed E-state index contributed by atoms with van der Waals surface area (Å²) in [7, 11) is 0. The van der Waals surface area contributed by atoms with Crippen LogP contribution in [0.3, 0.4) is 0 Å². The molecule has 2 aromatic carbocycles. The van der Waals surface area contributed by atoms with Crippen LogP contribution in [-0.2, 0) is 10.5 Å². The summed E-state index contributed by atoms with van der Waals surface area (Å²) in [6.45, 7) is 5.28. The maximum atomic E-state index is 12.2. The highest BCUT2D eigenvalue weighted by molar-refractivity contribution is 7.99. The fourth-order valence-corrected chi connectivity index (χ4v) is 3.75. The summed E-state index contributed by atoms with van der Waals surface area (Å²) in [6, 6.07) is 9.74. The molecular formula is C20H22ClNO3S. The third-order valence-corrected chi connectivity index (χ3v) is 5.53. The standard InChI is InChI=1S/C20H22ClNO3S/c1-13-5-3-6-17(14(13)2)22-19(23)12-26-11-15-9-16(21)20-18(10-15)24-7-4-8-25-20/h3,5-6,9-10H,4,7-8,11-12H2,1-2H3,(H,22,23). The number of thioether (sulfide) groups is 1. The van der Waals surface area contributed by atoms with E-state index in [1.165, 1.54) is 0 Å². The van der Waals surface area contributed by atoms with E-state index in [1.807, 2.05) is 44.2 Å². The summed E-state index contributed by atoms with van der Waals surface area (Å²) < 4.78 is 11.3. The number of hydrogen-bond acceptors (Lipinski definition) is 4. The number of halogens is 1. The predicted molar refractivity (Wildman–Crippen MR) is 108 cm³/mol. The third-order valence-electron chi connectivity index (χ3n) is 4.24. The molecule has 4 nitrogen and oxygen atoms in total. The molecule has 1 heterocycles. The highest BCUT2D eigenvalue weighted by Gasteiger charge is 2.16. The number of rotatable bonds is 5. The minimum absolute atomic E-state index is 0.0101. The summed E-state index contributed by atoms with van der Waals surface area (Å²) in [5.74, 6) is 2.34. The maximum absolute atomic E-state index is 12.2. The van der Waals surface area contributed by atoms with Crippen LogP contribution in [0.4, 0.5) is 5.69 Å². The van der Waals surface area contributed by atoms with Crippen molar-refractivity contribution in [1.82, 2.24) is 0 Å². The van der Waals surface area contributed by atoms with Crippen molar-refractivity contribution in [1.29, 1.82) is 0 Å². The molecule has 0 atom stereocenters. The Morgan fingerprint density at radius 2 is 2.04 bits per heavy atom. The Kier molecular flexibility index (Phi) is 6.33. The van der Waals surface area contributed by atoms with Gasteiger partial charge in [0.05, 0.1) is 24.0 Å². The van der Waals surface area contributed by atoms with E-state index in [2.05, 4.69) is 5.32 Å². The Balaban J connectivity index is 1.56. The topological polar surface area (TPSA) is 47.6 Å². The SMILES string of the molecule is Cc1cccc(NC(=O)CSCc2cc(Cl)c3c(c2)OCCCO3)c1C. The normalized spacial score (nSPS) is 13.2. The van der Waals surface area contributed by atoms with Crippen molar-refractivity contribution >= 4 is 35.0 Å². The zero-order chi connectivity index (χ0) is 18.5. The maximum Gasteiger partial charge on any atom is 0.234 e. The zero-order valence-corrected chi connectivity index (χ0v) is 16.5. The highest BCUT2D eigenvalue weighted by Crippen LogP contribution is 2.38. The lowest BCUT2D eigenvalue weighted by molar-refractivity contribution is -0.113. The molecule has 0 aliphatic carbocycles. The number of ether oxygens (including phenoxy) is 2. The molecule has 1 aliphatic rings. The van der Waals surface area contributed by atoms with Crippen LogP contribution in [0.1, 0.15) is 23.1 Å². The number of aryl methyl sites for hydroxylation is 1. The van der Waals surface area contributed by atoms with Gasteiger partial charge in [-0.05, 0) is 48.7 Å². The van der Waals surface area contributed by atoms with Crippen molar-refractivity contribution in [2.75, 3.05) is 24.3 Å². The Labute approximate surface area is 163 Å². The molecular weight excluding hydrogens is 370 g/mol. The molecule has 0 bridgehead atoms. The first kappa shape index (κ1) is 18.9. The van der Waals surface area contributed by atoms with Gasteiger partial charge in [0, 0.05) is 17.9 Å². The van der Waals surface area contributed by atoms with Crippen molar-refractivity contribution < 1.29 is 14.3 Å². The molecule has 0 saturated carbocycles. The van der Waals surface area contributed by atoms with Crippen LogP contribution in [0.2, 0.25) is 5.02 Å². The third kappa shape index (κ3) is 4.65. The summed E-state index contributed by atoms with van der Waals surface area (Å²) in [5.41, 5.74) is 4.15. The number of anilines is 1. The smallest absolute Gasteiger partial charge is 0.234 e. The highest BCUT2D eigenvalue weighted by atomic mass is 35.5. The first-order valence-electron chi connectivity index (χ1n) is 8.56. The van der Waals surface area contributed by atoms with Gasteiger partial charge in [-0.15, -0.1) is 11.8 Å².